The van der Waals surface area contributed by atoms with Crippen molar-refractivity contribution in [1.29, 1.82) is 0 Å². The van der Waals surface area contributed by atoms with Crippen molar-refractivity contribution in [1.82, 2.24) is 0 Å². The summed E-state index contributed by atoms with van der Waals surface area (Å²) in [6.07, 6.45) is 0. The Bertz CT molecular complexity index is 107. The van der Waals surface area contributed by atoms with E-state index in [1.54, 1.807) is 6.92 Å². The number of carbonyl (C=O) groups is 1. The second-order valence-corrected chi connectivity index (χ2v) is 1.59. The van der Waals surface area contributed by atoms with E-state index in [0.717, 1.165) is 0 Å². The van der Waals surface area contributed by atoms with Crippen molar-refractivity contribution < 1.29 is 55.4 Å². The number of esters is 1. The van der Waals surface area contributed by atoms with Crippen LogP contribution in [-0.2, 0) is 30.6 Å². The van der Waals surface area contributed by atoms with E-state index in [4.69, 9.17) is 11.5 Å². The Balaban J connectivity index is -0.000000107. The van der Waals surface area contributed by atoms with Gasteiger partial charge in [0.15, 0.2) is 0 Å². The van der Waals surface area contributed by atoms with Gasteiger partial charge in [-0.25, -0.2) is 0 Å². The zero-order valence-corrected chi connectivity index (χ0v) is 10.3. The van der Waals surface area contributed by atoms with E-state index in [9.17, 15) is 4.79 Å². The molecule has 0 rings (SSSR count). The van der Waals surface area contributed by atoms with E-state index in [1.807, 2.05) is 0 Å². The Morgan fingerprint density at radius 3 is 2.17 bits per heavy atom. The second kappa shape index (κ2) is 14.2. The molecular weight excluding hydrogens is 386 g/mol. The van der Waals surface area contributed by atoms with Crippen molar-refractivity contribution in [3.63, 3.8) is 0 Å². The molecule has 0 bridgehead atoms. The number of nitrogens with two attached hydrogens (primary N) is 2. The van der Waals surface area contributed by atoms with Crippen molar-refractivity contribution >= 4 is 5.97 Å². The monoisotopic (exact) mass is 397 g/mol. The summed E-state index contributed by atoms with van der Waals surface area (Å²) in [4.78, 5) is 10.5. The molecule has 0 spiro atoms. The topological polar surface area (TPSA) is 78.3 Å². The van der Waals surface area contributed by atoms with E-state index < -0.39 is 12.0 Å². The molecule has 1 atom stereocenters. The molecule has 7 heteroatoms. The molecule has 0 aliphatic heterocycles. The fourth-order valence-electron chi connectivity index (χ4n) is 0.346. The van der Waals surface area contributed by atoms with Crippen LogP contribution in [0.3, 0.4) is 0 Å². The van der Waals surface area contributed by atoms with Crippen LogP contribution < -0.4 is 36.3 Å². The minimum atomic E-state index is -0.662. The van der Waals surface area contributed by atoms with Crippen LogP contribution in [0.25, 0.3) is 0 Å². The van der Waals surface area contributed by atoms with Crippen molar-refractivity contribution in [2.24, 2.45) is 11.5 Å². The molecule has 12 heavy (non-hydrogen) atoms. The Labute approximate surface area is 98.8 Å². The Hall–Kier alpha value is 0.658. The van der Waals surface area contributed by atoms with E-state index in [2.05, 4.69) is 4.74 Å². The number of halogens is 2. The summed E-state index contributed by atoms with van der Waals surface area (Å²) in [5.41, 5.74) is 10.3. The van der Waals surface area contributed by atoms with E-state index in [0.29, 0.717) is 6.61 Å². The predicted octanol–water partition coefficient (Wildman–Crippen LogP) is -7.16. The predicted molar refractivity (Wildman–Crippen MR) is 33.7 cm³/mol. The summed E-state index contributed by atoms with van der Waals surface area (Å²) >= 11 is 0. The van der Waals surface area contributed by atoms with Gasteiger partial charge in [-0.15, -0.1) is 0 Å². The number of hydrogen-bond donors (Lipinski definition) is 2. The zero-order valence-electron chi connectivity index (χ0n) is 6.53. The summed E-state index contributed by atoms with van der Waals surface area (Å²) in [5.74, 6) is -0.431. The van der Waals surface area contributed by atoms with Crippen molar-refractivity contribution in [2.45, 2.75) is 13.0 Å². The molecule has 4 nitrogen and oxygen atoms in total. The van der Waals surface area contributed by atoms with E-state index >= 15 is 0 Å². The van der Waals surface area contributed by atoms with Crippen molar-refractivity contribution in [3.8, 4) is 0 Å². The molecule has 0 amide bonds. The Morgan fingerprint density at radius 2 is 1.92 bits per heavy atom. The van der Waals surface area contributed by atoms with Crippen LogP contribution in [0.2, 0.25) is 0 Å². The third kappa shape index (κ3) is 10.7. The van der Waals surface area contributed by atoms with E-state index in [-0.39, 0.29) is 52.4 Å². The van der Waals surface area contributed by atoms with E-state index in [1.165, 1.54) is 0 Å². The molecule has 0 heterocycles. The number of hydrogen-bond acceptors (Lipinski definition) is 4. The number of carbonyl (C=O) groups excluding carboxylic acids is 1. The first kappa shape index (κ1) is 22.9. The third-order valence-corrected chi connectivity index (χ3v) is 0.843. The van der Waals surface area contributed by atoms with Crippen molar-refractivity contribution in [2.75, 3.05) is 13.2 Å². The summed E-state index contributed by atoms with van der Waals surface area (Å²) in [6.45, 7) is 2.21. The van der Waals surface area contributed by atoms with Gasteiger partial charge in [-0.2, -0.15) is 0 Å². The minimum absolute atomic E-state index is 0. The van der Waals surface area contributed by atoms with Crippen LogP contribution in [0.1, 0.15) is 6.92 Å². The summed E-state index contributed by atoms with van der Waals surface area (Å²) in [7, 11) is 0. The van der Waals surface area contributed by atoms with Gasteiger partial charge in [0.05, 0.1) is 6.61 Å². The molecule has 0 aliphatic carbocycles. The summed E-state index contributed by atoms with van der Waals surface area (Å²) < 4.78 is 4.55. The van der Waals surface area contributed by atoms with Gasteiger partial charge in [0, 0.05) is 6.54 Å². The van der Waals surface area contributed by atoms with Gasteiger partial charge in [-0.3, -0.25) is 4.79 Å². The maximum atomic E-state index is 10.5. The fourth-order valence-corrected chi connectivity index (χ4v) is 0.346. The van der Waals surface area contributed by atoms with Crippen LogP contribution in [0, 0.1) is 0 Å². The molecule has 0 saturated heterocycles. The van der Waals surface area contributed by atoms with Gasteiger partial charge in [-0.1, -0.05) is 0 Å². The minimum Gasteiger partial charge on any atom is -1.00 e. The SMILES string of the molecule is CCOC(=O)C(N)CN.[Cl-].[Cl-].[Pt+2]. The number of ether oxygens (including phenoxy) is 1. The van der Waals surface area contributed by atoms with Gasteiger partial charge in [0.2, 0.25) is 0 Å². The fraction of sp³-hybridized carbons (Fsp3) is 0.800. The van der Waals surface area contributed by atoms with Gasteiger partial charge in [-0.05, 0) is 6.92 Å². The molecule has 0 aliphatic rings. The standard InChI is InChI=1S/C5H12N2O2.2ClH.Pt/c1-2-9-5(8)4(7)3-6;;;/h4H,2-3,6-7H2,1H3;2*1H;/q;;;+2/p-2. The van der Waals surface area contributed by atoms with Crippen LogP contribution in [0.4, 0.5) is 0 Å². The van der Waals surface area contributed by atoms with Crippen molar-refractivity contribution in [3.05, 3.63) is 0 Å². The average Bonchev–Trinajstić information content (AvgIpc) is 1.87. The maximum Gasteiger partial charge on any atom is 2.00 e. The van der Waals surface area contributed by atoms with Crippen LogP contribution in [0.5, 0.6) is 0 Å². The molecule has 1 unspecified atom stereocenters. The third-order valence-electron chi connectivity index (χ3n) is 0.843. The first-order chi connectivity index (χ1) is 4.22. The quantitative estimate of drug-likeness (QED) is 0.464. The molecule has 0 radical (unpaired) electrons. The molecule has 78 valence electrons. The normalized spacial score (nSPS) is 9.58. The number of rotatable bonds is 3. The molecule has 0 aromatic heterocycles. The van der Waals surface area contributed by atoms with Crippen LogP contribution >= 0.6 is 0 Å². The molecule has 0 aromatic carbocycles. The summed E-state index contributed by atoms with van der Waals surface area (Å²) in [6, 6.07) is -0.662. The largest absolute Gasteiger partial charge is 2.00 e. The van der Waals surface area contributed by atoms with Gasteiger partial charge in [0.25, 0.3) is 0 Å². The molecule has 0 fully saturated rings. The average molecular weight is 398 g/mol. The summed E-state index contributed by atoms with van der Waals surface area (Å²) in [5, 5.41) is 0. The smallest absolute Gasteiger partial charge is 1.00 e. The second-order valence-electron chi connectivity index (χ2n) is 1.59. The molecular formula is C5H12Cl2N2O2Pt. The zero-order chi connectivity index (χ0) is 7.28. The first-order valence-corrected chi connectivity index (χ1v) is 2.84. The van der Waals surface area contributed by atoms with Gasteiger partial charge in [0.1, 0.15) is 6.04 Å². The van der Waals surface area contributed by atoms with Crippen LogP contribution in [0.15, 0.2) is 0 Å². The first-order valence-electron chi connectivity index (χ1n) is 2.84. The Kier molecular flexibility index (Phi) is 27.2. The van der Waals surface area contributed by atoms with Gasteiger partial charge < -0.3 is 41.0 Å². The van der Waals surface area contributed by atoms with Crippen LogP contribution in [-0.4, -0.2) is 25.2 Å². The molecule has 0 aromatic rings. The van der Waals surface area contributed by atoms with Gasteiger partial charge >= 0.3 is 27.0 Å². The molecule has 0 saturated carbocycles. The maximum absolute atomic E-state index is 10.5. The molecule has 4 N–H and O–H groups in total. The Morgan fingerprint density at radius 1 is 1.50 bits per heavy atom.